The van der Waals surface area contributed by atoms with E-state index in [1.807, 2.05) is 43.3 Å². The number of hydrogen-bond donors (Lipinski definition) is 3. The third kappa shape index (κ3) is 3.75. The zero-order valence-electron chi connectivity index (χ0n) is 17.4. The number of benzene rings is 1. The van der Waals surface area contributed by atoms with Crippen LogP contribution in [0, 0.1) is 6.92 Å². The molecule has 4 aromatic rings. The average molecular weight is 451 g/mol. The smallest absolute Gasteiger partial charge is 0.231 e. The minimum atomic E-state index is -0.550. The van der Waals surface area contributed by atoms with Gasteiger partial charge in [0.1, 0.15) is 16.5 Å². The molecular formula is C23H22N4O4S. The van der Waals surface area contributed by atoms with Gasteiger partial charge in [0.2, 0.25) is 6.79 Å². The lowest BCUT2D eigenvalue weighted by molar-refractivity contribution is 0.174. The van der Waals surface area contributed by atoms with Crippen LogP contribution in [0.5, 0.6) is 11.5 Å². The third-order valence-electron chi connectivity index (χ3n) is 5.38. The molecule has 3 N–H and O–H groups in total. The summed E-state index contributed by atoms with van der Waals surface area (Å²) in [6.45, 7) is 2.27. The van der Waals surface area contributed by atoms with Crippen LogP contribution in [-0.2, 0) is 6.54 Å². The molecule has 0 spiro atoms. The summed E-state index contributed by atoms with van der Waals surface area (Å²) in [5, 5.41) is 23.7. The number of hydrogen-bond acceptors (Lipinski definition) is 9. The lowest BCUT2D eigenvalue weighted by Crippen LogP contribution is -2.14. The lowest BCUT2D eigenvalue weighted by Gasteiger charge is -2.14. The third-order valence-corrected chi connectivity index (χ3v) is 6.37. The molecule has 0 fully saturated rings. The van der Waals surface area contributed by atoms with Crippen molar-refractivity contribution in [2.45, 2.75) is 19.4 Å². The Labute approximate surface area is 188 Å². The van der Waals surface area contributed by atoms with Gasteiger partial charge in [0.05, 0.1) is 36.8 Å². The molecule has 1 aliphatic rings. The van der Waals surface area contributed by atoms with Crippen LogP contribution in [0.15, 0.2) is 42.6 Å². The van der Waals surface area contributed by atoms with E-state index in [9.17, 15) is 10.2 Å². The Hall–Kier alpha value is -3.27. The van der Waals surface area contributed by atoms with E-state index >= 15 is 0 Å². The van der Waals surface area contributed by atoms with Gasteiger partial charge in [-0.2, -0.15) is 0 Å². The van der Waals surface area contributed by atoms with E-state index in [0.717, 1.165) is 37.7 Å². The Balaban J connectivity index is 1.65. The van der Waals surface area contributed by atoms with Crippen molar-refractivity contribution in [2.24, 2.45) is 0 Å². The van der Waals surface area contributed by atoms with Crippen molar-refractivity contribution in [1.29, 1.82) is 0 Å². The topological polar surface area (TPSA) is 110 Å². The number of fused-ring (bicyclic) bond motifs is 2. The van der Waals surface area contributed by atoms with E-state index < -0.39 is 5.92 Å². The molecule has 5 rings (SSSR count). The van der Waals surface area contributed by atoms with Crippen LogP contribution in [0.3, 0.4) is 0 Å². The number of ether oxygens (including phenoxy) is 2. The largest absolute Gasteiger partial charge is 0.454 e. The molecule has 0 amide bonds. The van der Waals surface area contributed by atoms with Crippen LogP contribution in [0.4, 0.5) is 5.82 Å². The Morgan fingerprint density at radius 3 is 2.72 bits per heavy atom. The van der Waals surface area contributed by atoms with Crippen molar-refractivity contribution in [3.63, 3.8) is 0 Å². The van der Waals surface area contributed by atoms with Gasteiger partial charge in [-0.25, -0.2) is 9.97 Å². The minimum Gasteiger partial charge on any atom is -0.454 e. The van der Waals surface area contributed by atoms with Gasteiger partial charge in [-0.3, -0.25) is 4.98 Å². The molecule has 9 heteroatoms. The van der Waals surface area contributed by atoms with Gasteiger partial charge in [0, 0.05) is 16.6 Å². The first-order chi connectivity index (χ1) is 15.7. The molecule has 164 valence electrons. The van der Waals surface area contributed by atoms with Gasteiger partial charge in [-0.05, 0) is 36.8 Å². The molecule has 8 nitrogen and oxygen atoms in total. The molecule has 1 aromatic carbocycles. The number of anilines is 1. The van der Waals surface area contributed by atoms with Crippen LogP contribution in [-0.4, -0.2) is 45.2 Å². The van der Waals surface area contributed by atoms with E-state index in [0.29, 0.717) is 23.9 Å². The van der Waals surface area contributed by atoms with Gasteiger partial charge in [-0.1, -0.05) is 12.1 Å². The second-order valence-corrected chi connectivity index (χ2v) is 8.65. The summed E-state index contributed by atoms with van der Waals surface area (Å²) in [6.07, 6.45) is 1.75. The monoisotopic (exact) mass is 450 g/mol. The molecule has 0 atom stereocenters. The standard InChI is InChI=1S/C23H22N4O4S/c1-13-19(14-5-6-17-18(8-14)31-12-30-17)20-22(25-9-16-4-2-3-7-24-16)26-21(15(10-28)11-29)27-23(20)32-13/h2-8,15,28-29H,9-12H2,1H3,(H,25,26,27). The van der Waals surface area contributed by atoms with Crippen molar-refractivity contribution >= 4 is 27.4 Å². The fraction of sp³-hybridized carbons (Fsp3) is 0.261. The second kappa shape index (κ2) is 8.70. The molecule has 4 heterocycles. The zero-order chi connectivity index (χ0) is 22.1. The van der Waals surface area contributed by atoms with Crippen LogP contribution < -0.4 is 14.8 Å². The number of nitrogens with zero attached hydrogens (tertiary/aromatic N) is 3. The molecule has 0 saturated heterocycles. The summed E-state index contributed by atoms with van der Waals surface area (Å²) in [7, 11) is 0. The number of thiophene rings is 1. The van der Waals surface area contributed by atoms with E-state index in [1.54, 1.807) is 17.5 Å². The summed E-state index contributed by atoms with van der Waals surface area (Å²) in [6, 6.07) is 11.6. The quantitative estimate of drug-likeness (QED) is 0.393. The molecular weight excluding hydrogens is 428 g/mol. The van der Waals surface area contributed by atoms with E-state index in [-0.39, 0.29) is 20.0 Å². The van der Waals surface area contributed by atoms with Crippen LogP contribution in [0.1, 0.15) is 22.3 Å². The van der Waals surface area contributed by atoms with Gasteiger partial charge in [0.15, 0.2) is 11.5 Å². The van der Waals surface area contributed by atoms with E-state index in [1.165, 1.54) is 0 Å². The van der Waals surface area contributed by atoms with Gasteiger partial charge < -0.3 is 25.0 Å². The fourth-order valence-electron chi connectivity index (χ4n) is 3.74. The normalized spacial score (nSPS) is 12.6. The summed E-state index contributed by atoms with van der Waals surface area (Å²) < 4.78 is 11.0. The average Bonchev–Trinajstić information content (AvgIpc) is 3.42. The molecule has 3 aromatic heterocycles. The van der Waals surface area contributed by atoms with Gasteiger partial charge in [0.25, 0.3) is 0 Å². The molecule has 0 aliphatic carbocycles. The van der Waals surface area contributed by atoms with Crippen molar-refractivity contribution in [2.75, 3.05) is 25.3 Å². The molecule has 0 saturated carbocycles. The number of aliphatic hydroxyl groups excluding tert-OH is 2. The van der Waals surface area contributed by atoms with Crippen molar-refractivity contribution < 1.29 is 19.7 Å². The highest BCUT2D eigenvalue weighted by Gasteiger charge is 2.23. The van der Waals surface area contributed by atoms with Gasteiger partial charge in [-0.15, -0.1) is 11.3 Å². The molecule has 0 bridgehead atoms. The van der Waals surface area contributed by atoms with Crippen LogP contribution in [0.25, 0.3) is 21.3 Å². The Morgan fingerprint density at radius 2 is 1.94 bits per heavy atom. The molecule has 0 unspecified atom stereocenters. The first-order valence-corrected chi connectivity index (χ1v) is 11.1. The maximum atomic E-state index is 9.68. The summed E-state index contributed by atoms with van der Waals surface area (Å²) in [5.41, 5.74) is 2.87. The van der Waals surface area contributed by atoms with Crippen LogP contribution in [0.2, 0.25) is 0 Å². The van der Waals surface area contributed by atoms with Crippen molar-refractivity contribution in [1.82, 2.24) is 15.0 Å². The predicted octanol–water partition coefficient (Wildman–Crippen LogP) is 3.47. The predicted molar refractivity (Wildman–Crippen MR) is 122 cm³/mol. The zero-order valence-corrected chi connectivity index (χ0v) is 18.2. The number of rotatable bonds is 7. The van der Waals surface area contributed by atoms with Crippen molar-refractivity contribution in [3.05, 3.63) is 59.0 Å². The summed E-state index contributed by atoms with van der Waals surface area (Å²) in [5.74, 6) is 1.93. The SMILES string of the molecule is Cc1sc2nc(C(CO)CO)nc(NCc3ccccn3)c2c1-c1ccc2c(c1)OCO2. The summed E-state index contributed by atoms with van der Waals surface area (Å²) >= 11 is 1.55. The molecule has 0 radical (unpaired) electrons. The second-order valence-electron chi connectivity index (χ2n) is 7.45. The van der Waals surface area contributed by atoms with E-state index in [2.05, 4.69) is 15.3 Å². The Kier molecular flexibility index (Phi) is 5.60. The highest BCUT2D eigenvalue weighted by atomic mass is 32.1. The number of nitrogens with one attached hydrogen (secondary N) is 1. The highest BCUT2D eigenvalue weighted by molar-refractivity contribution is 7.19. The maximum Gasteiger partial charge on any atom is 0.231 e. The fourth-order valence-corrected chi connectivity index (χ4v) is 4.79. The number of aryl methyl sites for hydroxylation is 1. The van der Waals surface area contributed by atoms with Crippen molar-refractivity contribution in [3.8, 4) is 22.6 Å². The first kappa shape index (κ1) is 20.6. The van der Waals surface area contributed by atoms with Crippen LogP contribution >= 0.6 is 11.3 Å². The molecule has 1 aliphatic heterocycles. The number of pyridine rings is 1. The number of aromatic nitrogens is 3. The molecule has 32 heavy (non-hydrogen) atoms. The minimum absolute atomic E-state index is 0.217. The van der Waals surface area contributed by atoms with E-state index in [4.69, 9.17) is 14.5 Å². The van der Waals surface area contributed by atoms with Gasteiger partial charge >= 0.3 is 0 Å². The highest BCUT2D eigenvalue weighted by Crippen LogP contribution is 2.44. The lowest BCUT2D eigenvalue weighted by atomic mass is 10.0. The maximum absolute atomic E-state index is 9.68. The Bertz CT molecular complexity index is 1260. The summed E-state index contributed by atoms with van der Waals surface area (Å²) in [4.78, 5) is 15.6. The first-order valence-electron chi connectivity index (χ1n) is 10.2. The number of aliphatic hydroxyl groups is 2. The Morgan fingerprint density at radius 1 is 1.09 bits per heavy atom.